The van der Waals surface area contributed by atoms with Crippen LogP contribution in [0.4, 0.5) is 4.39 Å². The molecule has 0 N–H and O–H groups in total. The van der Waals surface area contributed by atoms with Crippen LogP contribution in [0.25, 0.3) is 0 Å². The van der Waals surface area contributed by atoms with Gasteiger partial charge in [-0.1, -0.05) is 17.7 Å². The summed E-state index contributed by atoms with van der Waals surface area (Å²) in [6, 6.07) is 4.65. The lowest BCUT2D eigenvalue weighted by atomic mass is 10.1. The number of hydrogen-bond donors (Lipinski definition) is 0. The molecule has 11 heavy (non-hydrogen) atoms. The zero-order valence-electron chi connectivity index (χ0n) is 5.68. The van der Waals surface area contributed by atoms with Crippen LogP contribution in [0.3, 0.4) is 0 Å². The first-order valence-corrected chi connectivity index (χ1v) is 3.72. The van der Waals surface area contributed by atoms with Gasteiger partial charge in [-0.2, -0.15) is 0 Å². The second-order valence-electron chi connectivity index (χ2n) is 2.46. The fourth-order valence-corrected chi connectivity index (χ4v) is 1.32. The molecular weight excluding hydrogens is 167 g/mol. The quantitative estimate of drug-likeness (QED) is 0.593. The Labute approximate surface area is 68.7 Å². The van der Waals surface area contributed by atoms with E-state index in [4.69, 9.17) is 16.3 Å². The van der Waals surface area contributed by atoms with Gasteiger partial charge in [0.2, 0.25) is 0 Å². The summed E-state index contributed by atoms with van der Waals surface area (Å²) in [6.45, 7) is 0.584. The van der Waals surface area contributed by atoms with Gasteiger partial charge in [0, 0.05) is 10.6 Å². The van der Waals surface area contributed by atoms with Crippen molar-refractivity contribution >= 4 is 11.6 Å². The summed E-state index contributed by atoms with van der Waals surface area (Å²) in [7, 11) is 0. The molecular formula is C8H6ClFO. The highest BCUT2D eigenvalue weighted by molar-refractivity contribution is 6.31. The summed E-state index contributed by atoms with van der Waals surface area (Å²) in [4.78, 5) is 0. The minimum absolute atomic E-state index is 0.108. The first-order chi connectivity index (χ1) is 5.29. The standard InChI is InChI=1S/C8H6ClFO/c9-5-2-1-3-6(10)8(5)7-4-11-7/h1-3,7H,4H2/t7-/m0/s1. The Kier molecular flexibility index (Phi) is 1.59. The number of halogens is 2. The van der Waals surface area contributed by atoms with Crippen LogP contribution in [0.1, 0.15) is 11.7 Å². The van der Waals surface area contributed by atoms with E-state index < -0.39 is 0 Å². The first kappa shape index (κ1) is 7.07. The van der Waals surface area contributed by atoms with Gasteiger partial charge in [-0.3, -0.25) is 0 Å². The molecule has 1 aliphatic rings. The van der Waals surface area contributed by atoms with Crippen LogP contribution in [0.15, 0.2) is 18.2 Å². The maximum atomic E-state index is 13.0. The van der Waals surface area contributed by atoms with Gasteiger partial charge in [0.15, 0.2) is 0 Å². The van der Waals surface area contributed by atoms with Crippen LogP contribution in [0.5, 0.6) is 0 Å². The topological polar surface area (TPSA) is 12.5 Å². The smallest absolute Gasteiger partial charge is 0.130 e. The van der Waals surface area contributed by atoms with Crippen LogP contribution in [0.2, 0.25) is 5.02 Å². The van der Waals surface area contributed by atoms with E-state index >= 15 is 0 Å². The zero-order valence-corrected chi connectivity index (χ0v) is 6.44. The fraction of sp³-hybridized carbons (Fsp3) is 0.250. The molecule has 1 aliphatic heterocycles. The normalized spacial score (nSPS) is 21.8. The van der Waals surface area contributed by atoms with E-state index in [1.54, 1.807) is 12.1 Å². The Morgan fingerprint density at radius 3 is 2.82 bits per heavy atom. The molecule has 1 fully saturated rings. The van der Waals surface area contributed by atoms with Gasteiger partial charge in [0.05, 0.1) is 6.61 Å². The third kappa shape index (κ3) is 1.24. The summed E-state index contributed by atoms with van der Waals surface area (Å²) in [5, 5.41) is 0.451. The molecule has 2 rings (SSSR count). The first-order valence-electron chi connectivity index (χ1n) is 3.34. The van der Waals surface area contributed by atoms with Crippen molar-refractivity contribution in [2.45, 2.75) is 6.10 Å². The Bertz CT molecular complexity index is 263. The average Bonchev–Trinajstić information content (AvgIpc) is 2.70. The van der Waals surface area contributed by atoms with Crippen molar-refractivity contribution in [3.05, 3.63) is 34.6 Å². The molecule has 1 heterocycles. The number of benzene rings is 1. The summed E-state index contributed by atoms with van der Waals surface area (Å²) in [5.41, 5.74) is 0.495. The minimum atomic E-state index is -0.278. The zero-order chi connectivity index (χ0) is 7.84. The molecule has 0 bridgehead atoms. The molecule has 0 saturated carbocycles. The van der Waals surface area contributed by atoms with Gasteiger partial charge in [0.25, 0.3) is 0 Å². The van der Waals surface area contributed by atoms with E-state index in [9.17, 15) is 4.39 Å². The van der Waals surface area contributed by atoms with Gasteiger partial charge in [-0.05, 0) is 12.1 Å². The number of ether oxygens (including phenoxy) is 1. The highest BCUT2D eigenvalue weighted by Gasteiger charge is 2.29. The van der Waals surface area contributed by atoms with Crippen molar-refractivity contribution in [2.75, 3.05) is 6.61 Å². The van der Waals surface area contributed by atoms with E-state index in [-0.39, 0.29) is 11.9 Å². The van der Waals surface area contributed by atoms with E-state index in [0.29, 0.717) is 17.2 Å². The highest BCUT2D eigenvalue weighted by Crippen LogP contribution is 2.36. The van der Waals surface area contributed by atoms with Gasteiger partial charge >= 0.3 is 0 Å². The van der Waals surface area contributed by atoms with Crippen molar-refractivity contribution in [2.24, 2.45) is 0 Å². The van der Waals surface area contributed by atoms with Crippen LogP contribution < -0.4 is 0 Å². The van der Waals surface area contributed by atoms with Crippen molar-refractivity contribution in [3.63, 3.8) is 0 Å². The molecule has 0 radical (unpaired) electrons. The van der Waals surface area contributed by atoms with Gasteiger partial charge in [0.1, 0.15) is 11.9 Å². The maximum absolute atomic E-state index is 13.0. The predicted octanol–water partition coefficient (Wildman–Crippen LogP) is 2.55. The van der Waals surface area contributed by atoms with Crippen molar-refractivity contribution in [1.29, 1.82) is 0 Å². The monoisotopic (exact) mass is 172 g/mol. The summed E-state index contributed by atoms with van der Waals surface area (Å²) < 4.78 is 17.9. The van der Waals surface area contributed by atoms with E-state index in [0.717, 1.165) is 0 Å². The second kappa shape index (κ2) is 2.47. The third-order valence-corrected chi connectivity index (χ3v) is 1.98. The number of epoxide rings is 1. The van der Waals surface area contributed by atoms with Gasteiger partial charge < -0.3 is 4.74 Å². The lowest BCUT2D eigenvalue weighted by Crippen LogP contribution is -1.88. The summed E-state index contributed by atoms with van der Waals surface area (Å²) in [6.07, 6.45) is -0.108. The van der Waals surface area contributed by atoms with Crippen LogP contribution in [0, 0.1) is 5.82 Å². The molecule has 0 amide bonds. The Morgan fingerprint density at radius 1 is 1.55 bits per heavy atom. The molecule has 0 spiro atoms. The van der Waals surface area contributed by atoms with Crippen molar-refractivity contribution < 1.29 is 9.13 Å². The van der Waals surface area contributed by atoms with E-state index in [2.05, 4.69) is 0 Å². The Balaban J connectivity index is 2.48. The van der Waals surface area contributed by atoms with Crippen LogP contribution in [-0.4, -0.2) is 6.61 Å². The molecule has 1 aromatic rings. The maximum Gasteiger partial charge on any atom is 0.130 e. The molecule has 58 valence electrons. The summed E-state index contributed by atoms with van der Waals surface area (Å²) in [5.74, 6) is -0.278. The van der Waals surface area contributed by atoms with E-state index in [1.165, 1.54) is 6.07 Å². The Morgan fingerprint density at radius 2 is 2.27 bits per heavy atom. The van der Waals surface area contributed by atoms with E-state index in [1.807, 2.05) is 0 Å². The van der Waals surface area contributed by atoms with Gasteiger partial charge in [-0.15, -0.1) is 0 Å². The minimum Gasteiger partial charge on any atom is -0.368 e. The number of hydrogen-bond acceptors (Lipinski definition) is 1. The molecule has 0 unspecified atom stereocenters. The van der Waals surface area contributed by atoms with Crippen LogP contribution >= 0.6 is 11.6 Å². The predicted molar refractivity (Wildman–Crippen MR) is 40.1 cm³/mol. The molecule has 1 atom stereocenters. The fourth-order valence-electron chi connectivity index (χ4n) is 1.03. The summed E-state index contributed by atoms with van der Waals surface area (Å²) >= 11 is 5.74. The molecule has 3 heteroatoms. The average molecular weight is 173 g/mol. The van der Waals surface area contributed by atoms with Crippen LogP contribution in [-0.2, 0) is 4.74 Å². The molecule has 1 saturated heterocycles. The molecule has 0 aliphatic carbocycles. The molecule has 1 aromatic carbocycles. The molecule has 0 aromatic heterocycles. The van der Waals surface area contributed by atoms with Gasteiger partial charge in [-0.25, -0.2) is 4.39 Å². The third-order valence-electron chi connectivity index (χ3n) is 1.66. The van der Waals surface area contributed by atoms with Crippen molar-refractivity contribution in [3.8, 4) is 0 Å². The lowest BCUT2D eigenvalue weighted by Gasteiger charge is -1.99. The SMILES string of the molecule is Fc1cccc(Cl)c1[C@@H]1CO1. The lowest BCUT2D eigenvalue weighted by molar-refractivity contribution is 0.408. The number of rotatable bonds is 1. The molecule has 1 nitrogen and oxygen atoms in total. The second-order valence-corrected chi connectivity index (χ2v) is 2.86. The van der Waals surface area contributed by atoms with Crippen molar-refractivity contribution in [1.82, 2.24) is 0 Å². The Hall–Kier alpha value is -0.600. The largest absolute Gasteiger partial charge is 0.368 e. The highest BCUT2D eigenvalue weighted by atomic mass is 35.5.